The number of piperidine rings is 1. The highest BCUT2D eigenvalue weighted by atomic mass is 32.2. The number of hydrogen-bond acceptors (Lipinski definition) is 3. The molecule has 1 heterocycles. The molecule has 1 saturated carbocycles. The van der Waals surface area contributed by atoms with Gasteiger partial charge in [-0.25, -0.2) is 0 Å². The highest BCUT2D eigenvalue weighted by molar-refractivity contribution is 7.99. The smallest absolute Gasteiger partial charge is 0.223 e. The number of amides is 1. The Labute approximate surface area is 156 Å². The second-order valence-electron chi connectivity index (χ2n) is 7.61. The van der Waals surface area contributed by atoms with Crippen LogP contribution in [0.1, 0.15) is 49.7 Å². The van der Waals surface area contributed by atoms with Gasteiger partial charge in [-0.15, -0.1) is 0 Å². The zero-order valence-corrected chi connectivity index (χ0v) is 16.3. The average Bonchev–Trinajstić information content (AvgIpc) is 3.13. The molecule has 2 aliphatic rings. The van der Waals surface area contributed by atoms with Crippen molar-refractivity contribution in [1.82, 2.24) is 10.2 Å². The standard InChI is InChI=1S/C21H32N2OS/c1-17-5-4-6-18(15-17)16-23-12-9-19(10-13-23)21(24)22-11-14-25-20-7-2-3-8-20/h4-6,15,19-20H,2-3,7-14,16H2,1H3,(H,22,24). The Balaban J connectivity index is 1.31. The fraction of sp³-hybridized carbons (Fsp3) is 0.667. The zero-order chi connectivity index (χ0) is 17.5. The van der Waals surface area contributed by atoms with Crippen molar-refractivity contribution in [2.24, 2.45) is 5.92 Å². The molecule has 3 rings (SSSR count). The van der Waals surface area contributed by atoms with E-state index < -0.39 is 0 Å². The molecule has 1 amide bonds. The van der Waals surface area contributed by atoms with E-state index in [1.54, 1.807) is 0 Å². The molecule has 138 valence electrons. The van der Waals surface area contributed by atoms with Crippen molar-refractivity contribution in [3.8, 4) is 0 Å². The van der Waals surface area contributed by atoms with Crippen molar-refractivity contribution in [2.75, 3.05) is 25.4 Å². The molecule has 1 N–H and O–H groups in total. The van der Waals surface area contributed by atoms with Crippen LogP contribution in [0, 0.1) is 12.8 Å². The molecule has 0 unspecified atom stereocenters. The summed E-state index contributed by atoms with van der Waals surface area (Å²) in [5, 5.41) is 4.02. The Morgan fingerprint density at radius 3 is 2.68 bits per heavy atom. The molecule has 0 radical (unpaired) electrons. The van der Waals surface area contributed by atoms with Crippen molar-refractivity contribution in [3.63, 3.8) is 0 Å². The lowest BCUT2D eigenvalue weighted by Crippen LogP contribution is -2.40. The van der Waals surface area contributed by atoms with Crippen molar-refractivity contribution in [1.29, 1.82) is 0 Å². The number of nitrogens with zero attached hydrogens (tertiary/aromatic N) is 1. The predicted octanol–water partition coefficient (Wildman–Crippen LogP) is 4.00. The summed E-state index contributed by atoms with van der Waals surface area (Å²) in [6.45, 7) is 6.05. The summed E-state index contributed by atoms with van der Waals surface area (Å²) in [6.07, 6.45) is 7.52. The first kappa shape index (κ1) is 18.8. The second kappa shape index (κ2) is 9.63. The van der Waals surface area contributed by atoms with E-state index in [-0.39, 0.29) is 11.8 Å². The van der Waals surface area contributed by atoms with Gasteiger partial charge in [0.25, 0.3) is 0 Å². The Morgan fingerprint density at radius 1 is 1.20 bits per heavy atom. The topological polar surface area (TPSA) is 32.3 Å². The van der Waals surface area contributed by atoms with E-state index in [4.69, 9.17) is 0 Å². The number of rotatable bonds is 7. The van der Waals surface area contributed by atoms with Crippen LogP contribution in [0.2, 0.25) is 0 Å². The van der Waals surface area contributed by atoms with Crippen LogP contribution in [0.15, 0.2) is 24.3 Å². The number of nitrogens with one attached hydrogen (secondary N) is 1. The Morgan fingerprint density at radius 2 is 1.96 bits per heavy atom. The molecule has 1 aliphatic heterocycles. The number of carbonyl (C=O) groups is 1. The van der Waals surface area contributed by atoms with Gasteiger partial charge in [0.15, 0.2) is 0 Å². The molecular weight excluding hydrogens is 328 g/mol. The molecule has 1 aliphatic carbocycles. The van der Waals surface area contributed by atoms with Gasteiger partial charge in [0.05, 0.1) is 0 Å². The number of likely N-dealkylation sites (tertiary alicyclic amines) is 1. The second-order valence-corrected chi connectivity index (χ2v) is 9.02. The van der Waals surface area contributed by atoms with Gasteiger partial charge in [-0.2, -0.15) is 11.8 Å². The molecule has 0 spiro atoms. The predicted molar refractivity (Wildman–Crippen MR) is 107 cm³/mol. The lowest BCUT2D eigenvalue weighted by molar-refractivity contribution is -0.126. The molecule has 0 bridgehead atoms. The minimum atomic E-state index is 0.213. The van der Waals surface area contributed by atoms with E-state index in [1.165, 1.54) is 36.8 Å². The van der Waals surface area contributed by atoms with Gasteiger partial charge >= 0.3 is 0 Å². The number of hydrogen-bond donors (Lipinski definition) is 1. The molecule has 0 aromatic heterocycles. The highest BCUT2D eigenvalue weighted by Gasteiger charge is 2.24. The highest BCUT2D eigenvalue weighted by Crippen LogP contribution is 2.29. The van der Waals surface area contributed by atoms with E-state index in [9.17, 15) is 4.79 Å². The van der Waals surface area contributed by atoms with Crippen LogP contribution in [0.5, 0.6) is 0 Å². The van der Waals surface area contributed by atoms with Gasteiger partial charge < -0.3 is 5.32 Å². The van der Waals surface area contributed by atoms with Crippen LogP contribution in [-0.4, -0.2) is 41.4 Å². The van der Waals surface area contributed by atoms with Gasteiger partial charge in [-0.3, -0.25) is 9.69 Å². The first-order chi connectivity index (χ1) is 12.2. The largest absolute Gasteiger partial charge is 0.355 e. The minimum absolute atomic E-state index is 0.213. The summed E-state index contributed by atoms with van der Waals surface area (Å²) in [4.78, 5) is 14.8. The molecule has 25 heavy (non-hydrogen) atoms. The molecule has 1 saturated heterocycles. The van der Waals surface area contributed by atoms with Gasteiger partial charge in [-0.1, -0.05) is 42.7 Å². The van der Waals surface area contributed by atoms with Crippen molar-refractivity contribution in [3.05, 3.63) is 35.4 Å². The summed E-state index contributed by atoms with van der Waals surface area (Å²) in [7, 11) is 0. The van der Waals surface area contributed by atoms with Crippen LogP contribution in [0.3, 0.4) is 0 Å². The third-order valence-electron chi connectivity index (χ3n) is 5.50. The summed E-state index contributed by atoms with van der Waals surface area (Å²) in [6, 6.07) is 8.74. The Hall–Kier alpha value is -1.00. The quantitative estimate of drug-likeness (QED) is 0.746. The third kappa shape index (κ3) is 6.03. The summed E-state index contributed by atoms with van der Waals surface area (Å²) in [5.41, 5.74) is 2.70. The molecule has 3 nitrogen and oxygen atoms in total. The van der Waals surface area contributed by atoms with E-state index in [0.29, 0.717) is 0 Å². The van der Waals surface area contributed by atoms with Crippen LogP contribution in [0.4, 0.5) is 0 Å². The van der Waals surface area contributed by atoms with Gasteiger partial charge in [0.1, 0.15) is 0 Å². The lowest BCUT2D eigenvalue weighted by Gasteiger charge is -2.31. The molecule has 1 aromatic rings. The van der Waals surface area contributed by atoms with Gasteiger partial charge in [-0.05, 0) is 51.3 Å². The SMILES string of the molecule is Cc1cccc(CN2CCC(C(=O)NCCSC3CCCC3)CC2)c1. The molecule has 2 fully saturated rings. The summed E-state index contributed by atoms with van der Waals surface area (Å²) >= 11 is 2.05. The normalized spacial score (nSPS) is 20.0. The Kier molecular flexibility index (Phi) is 7.23. The number of carbonyl (C=O) groups excluding carboxylic acids is 1. The first-order valence-corrected chi connectivity index (χ1v) is 10.9. The molecule has 1 aromatic carbocycles. The van der Waals surface area contributed by atoms with Gasteiger partial charge in [0.2, 0.25) is 5.91 Å². The van der Waals surface area contributed by atoms with Crippen molar-refractivity contribution >= 4 is 17.7 Å². The monoisotopic (exact) mass is 360 g/mol. The molecular formula is C21H32N2OS. The van der Waals surface area contributed by atoms with Gasteiger partial charge in [0, 0.05) is 30.0 Å². The van der Waals surface area contributed by atoms with Crippen molar-refractivity contribution < 1.29 is 4.79 Å². The minimum Gasteiger partial charge on any atom is -0.355 e. The van der Waals surface area contributed by atoms with Crippen LogP contribution in [0.25, 0.3) is 0 Å². The van der Waals surface area contributed by atoms with Crippen LogP contribution < -0.4 is 5.32 Å². The molecule has 4 heteroatoms. The zero-order valence-electron chi connectivity index (χ0n) is 15.5. The van der Waals surface area contributed by atoms with E-state index >= 15 is 0 Å². The lowest BCUT2D eigenvalue weighted by atomic mass is 9.95. The fourth-order valence-electron chi connectivity index (χ4n) is 4.02. The maximum atomic E-state index is 12.4. The maximum Gasteiger partial charge on any atom is 0.223 e. The average molecular weight is 361 g/mol. The number of thioether (sulfide) groups is 1. The van der Waals surface area contributed by atoms with Crippen LogP contribution >= 0.6 is 11.8 Å². The third-order valence-corrected chi connectivity index (χ3v) is 6.89. The summed E-state index contributed by atoms with van der Waals surface area (Å²) < 4.78 is 0. The van der Waals surface area contributed by atoms with Crippen LogP contribution in [-0.2, 0) is 11.3 Å². The summed E-state index contributed by atoms with van der Waals surface area (Å²) in [5.74, 6) is 1.57. The van der Waals surface area contributed by atoms with Crippen molar-refractivity contribution in [2.45, 2.75) is 57.2 Å². The molecule has 0 atom stereocenters. The number of benzene rings is 1. The first-order valence-electron chi connectivity index (χ1n) is 9.88. The number of aryl methyl sites for hydroxylation is 1. The maximum absolute atomic E-state index is 12.4. The van der Waals surface area contributed by atoms with E-state index in [0.717, 1.165) is 50.0 Å². The Bertz CT molecular complexity index is 549. The fourth-order valence-corrected chi connectivity index (χ4v) is 5.24. The van der Waals surface area contributed by atoms with E-state index in [2.05, 4.69) is 53.2 Å². The van der Waals surface area contributed by atoms with E-state index in [1.807, 2.05) is 0 Å².